The largest absolute Gasteiger partial charge is 0.493 e. The van der Waals surface area contributed by atoms with E-state index in [9.17, 15) is 14.9 Å². The van der Waals surface area contributed by atoms with E-state index < -0.39 is 16.4 Å². The van der Waals surface area contributed by atoms with Crippen molar-refractivity contribution in [3.05, 3.63) is 33.9 Å². The van der Waals surface area contributed by atoms with Gasteiger partial charge in [0.25, 0.3) is 5.69 Å². The lowest BCUT2D eigenvalue weighted by molar-refractivity contribution is -0.385. The minimum atomic E-state index is -1.09. The molecule has 0 aliphatic carbocycles. The van der Waals surface area contributed by atoms with E-state index in [0.717, 1.165) is 0 Å². The highest BCUT2D eigenvalue weighted by atomic mass is 16.6. The number of hydrogen-bond acceptors (Lipinski definition) is 5. The molecule has 1 unspecified atom stereocenters. The Morgan fingerprint density at radius 2 is 2.20 bits per heavy atom. The average Bonchev–Trinajstić information content (AvgIpc) is 2.39. The molecule has 1 rings (SSSR count). The summed E-state index contributed by atoms with van der Waals surface area (Å²) < 4.78 is 5.47. The van der Waals surface area contributed by atoms with Crippen LogP contribution < -0.4 is 10.1 Å². The fourth-order valence-corrected chi connectivity index (χ4v) is 1.66. The summed E-state index contributed by atoms with van der Waals surface area (Å²) in [6.07, 6.45) is 0.237. The number of nitrogens with zero attached hydrogens (tertiary/aromatic N) is 1. The molecule has 2 N–H and O–H groups in total. The van der Waals surface area contributed by atoms with Gasteiger partial charge >= 0.3 is 5.97 Å². The van der Waals surface area contributed by atoms with Gasteiger partial charge in [-0.15, -0.1) is 0 Å². The predicted octanol–water partition coefficient (Wildman–Crippen LogP) is 1.73. The van der Waals surface area contributed by atoms with Gasteiger partial charge in [0.15, 0.2) is 0 Å². The molecular formula is C13H18N2O5. The number of rotatable bonds is 7. The summed E-state index contributed by atoms with van der Waals surface area (Å²) in [5.41, 5.74) is -0.676. The minimum absolute atomic E-state index is 0.0166. The van der Waals surface area contributed by atoms with Crippen LogP contribution in [0.5, 0.6) is 5.75 Å². The molecule has 110 valence electrons. The van der Waals surface area contributed by atoms with Crippen molar-refractivity contribution in [2.45, 2.75) is 25.8 Å². The first-order valence-electron chi connectivity index (χ1n) is 6.11. The van der Waals surface area contributed by atoms with Crippen molar-refractivity contribution in [3.63, 3.8) is 0 Å². The summed E-state index contributed by atoms with van der Waals surface area (Å²) in [7, 11) is 1.56. The first-order valence-corrected chi connectivity index (χ1v) is 6.11. The minimum Gasteiger partial charge on any atom is -0.493 e. The standard InChI is InChI=1S/C13H18N2O5/c1-9-10(15(18)19)5-4-6-11(9)20-8-7-13(2,14-3)12(16)17/h4-6,14H,7-8H2,1-3H3,(H,16,17). The van der Waals surface area contributed by atoms with E-state index in [4.69, 9.17) is 9.84 Å². The van der Waals surface area contributed by atoms with E-state index in [1.54, 1.807) is 27.0 Å². The van der Waals surface area contributed by atoms with Gasteiger partial charge in [0, 0.05) is 12.5 Å². The maximum Gasteiger partial charge on any atom is 0.323 e. The summed E-state index contributed by atoms with van der Waals surface area (Å²) in [5, 5.41) is 22.6. The van der Waals surface area contributed by atoms with E-state index in [2.05, 4.69) is 5.32 Å². The van der Waals surface area contributed by atoms with Crippen LogP contribution in [-0.2, 0) is 4.79 Å². The van der Waals surface area contributed by atoms with Crippen LogP contribution in [0.25, 0.3) is 0 Å². The number of carboxylic acid groups (broad SMARTS) is 1. The number of likely N-dealkylation sites (N-methyl/N-ethyl adjacent to an activating group) is 1. The molecule has 0 radical (unpaired) electrons. The number of ether oxygens (including phenoxy) is 1. The summed E-state index contributed by atoms with van der Waals surface area (Å²) in [6, 6.07) is 4.56. The molecule has 0 bridgehead atoms. The zero-order valence-electron chi connectivity index (χ0n) is 11.7. The number of nitro benzene ring substituents is 1. The molecule has 20 heavy (non-hydrogen) atoms. The second-order valence-electron chi connectivity index (χ2n) is 4.64. The Morgan fingerprint density at radius 1 is 1.55 bits per heavy atom. The first kappa shape index (κ1) is 15.9. The normalized spacial score (nSPS) is 13.6. The highest BCUT2D eigenvalue weighted by Gasteiger charge is 2.31. The zero-order valence-corrected chi connectivity index (χ0v) is 11.7. The van der Waals surface area contributed by atoms with Crippen LogP contribution in [0.1, 0.15) is 18.9 Å². The number of aliphatic carboxylic acids is 1. The number of nitro groups is 1. The number of benzene rings is 1. The number of carbonyl (C=O) groups is 1. The van der Waals surface area contributed by atoms with Gasteiger partial charge in [-0.2, -0.15) is 0 Å². The molecule has 0 aromatic heterocycles. The van der Waals surface area contributed by atoms with Crippen LogP contribution in [0, 0.1) is 17.0 Å². The fraction of sp³-hybridized carbons (Fsp3) is 0.462. The van der Waals surface area contributed by atoms with Crippen molar-refractivity contribution in [1.29, 1.82) is 0 Å². The fourth-order valence-electron chi connectivity index (χ4n) is 1.66. The Labute approximate surface area is 116 Å². The van der Waals surface area contributed by atoms with Crippen LogP contribution >= 0.6 is 0 Å². The van der Waals surface area contributed by atoms with Crippen molar-refractivity contribution in [1.82, 2.24) is 5.32 Å². The van der Waals surface area contributed by atoms with Gasteiger partial charge in [-0.05, 0) is 27.0 Å². The van der Waals surface area contributed by atoms with Gasteiger partial charge < -0.3 is 15.2 Å². The monoisotopic (exact) mass is 282 g/mol. The molecule has 0 saturated heterocycles. The summed E-state index contributed by atoms with van der Waals surface area (Å²) >= 11 is 0. The molecule has 0 aliphatic rings. The molecule has 7 heteroatoms. The molecule has 0 spiro atoms. The van der Waals surface area contributed by atoms with E-state index in [1.807, 2.05) is 0 Å². The van der Waals surface area contributed by atoms with Gasteiger partial charge in [-0.1, -0.05) is 6.07 Å². The third kappa shape index (κ3) is 3.45. The highest BCUT2D eigenvalue weighted by molar-refractivity contribution is 5.78. The number of hydrogen-bond donors (Lipinski definition) is 2. The van der Waals surface area contributed by atoms with Gasteiger partial charge in [0.2, 0.25) is 0 Å². The van der Waals surface area contributed by atoms with Crippen LogP contribution in [0.3, 0.4) is 0 Å². The molecule has 0 heterocycles. The SMILES string of the molecule is CNC(C)(CCOc1cccc([N+](=O)[O-])c1C)C(=O)O. The Morgan fingerprint density at radius 3 is 2.70 bits per heavy atom. The molecule has 1 aromatic carbocycles. The van der Waals surface area contributed by atoms with Gasteiger partial charge in [-0.3, -0.25) is 14.9 Å². The van der Waals surface area contributed by atoms with Crippen molar-refractivity contribution < 1.29 is 19.6 Å². The van der Waals surface area contributed by atoms with Crippen molar-refractivity contribution in [2.24, 2.45) is 0 Å². The molecular weight excluding hydrogens is 264 g/mol. The molecule has 0 fully saturated rings. The Bertz CT molecular complexity index is 517. The van der Waals surface area contributed by atoms with Crippen LogP contribution in [0.15, 0.2) is 18.2 Å². The summed E-state index contributed by atoms with van der Waals surface area (Å²) in [5.74, 6) is -0.581. The van der Waals surface area contributed by atoms with E-state index in [-0.39, 0.29) is 18.7 Å². The third-order valence-corrected chi connectivity index (χ3v) is 3.34. The quantitative estimate of drug-likeness (QED) is 0.583. The predicted molar refractivity (Wildman–Crippen MR) is 73.0 cm³/mol. The second kappa shape index (κ2) is 6.33. The Hall–Kier alpha value is -2.15. The maximum atomic E-state index is 11.1. The smallest absolute Gasteiger partial charge is 0.323 e. The Balaban J connectivity index is 2.74. The molecule has 7 nitrogen and oxygen atoms in total. The summed E-state index contributed by atoms with van der Waals surface area (Å²) in [4.78, 5) is 21.4. The van der Waals surface area contributed by atoms with Gasteiger partial charge in [0.1, 0.15) is 11.3 Å². The van der Waals surface area contributed by atoms with Gasteiger partial charge in [0.05, 0.1) is 17.1 Å². The lowest BCUT2D eigenvalue weighted by Crippen LogP contribution is -2.48. The highest BCUT2D eigenvalue weighted by Crippen LogP contribution is 2.27. The van der Waals surface area contributed by atoms with Gasteiger partial charge in [-0.25, -0.2) is 0 Å². The third-order valence-electron chi connectivity index (χ3n) is 3.34. The molecule has 1 atom stereocenters. The molecule has 0 aliphatic heterocycles. The van der Waals surface area contributed by atoms with Crippen LogP contribution in [0.4, 0.5) is 5.69 Å². The molecule has 1 aromatic rings. The zero-order chi connectivity index (χ0) is 15.3. The summed E-state index contributed by atoms with van der Waals surface area (Å²) in [6.45, 7) is 3.30. The van der Waals surface area contributed by atoms with Crippen molar-refractivity contribution >= 4 is 11.7 Å². The second-order valence-corrected chi connectivity index (χ2v) is 4.64. The topological polar surface area (TPSA) is 102 Å². The maximum absolute atomic E-state index is 11.1. The van der Waals surface area contributed by atoms with Crippen molar-refractivity contribution in [2.75, 3.05) is 13.7 Å². The van der Waals surface area contributed by atoms with Crippen LogP contribution in [-0.4, -0.2) is 35.2 Å². The van der Waals surface area contributed by atoms with Crippen molar-refractivity contribution in [3.8, 4) is 5.75 Å². The number of nitrogens with one attached hydrogen (secondary N) is 1. The first-order chi connectivity index (χ1) is 9.31. The van der Waals surface area contributed by atoms with E-state index in [1.165, 1.54) is 12.1 Å². The van der Waals surface area contributed by atoms with E-state index in [0.29, 0.717) is 11.3 Å². The van der Waals surface area contributed by atoms with E-state index >= 15 is 0 Å². The lowest BCUT2D eigenvalue weighted by Gasteiger charge is -2.24. The average molecular weight is 282 g/mol. The molecule has 0 amide bonds. The molecule has 0 saturated carbocycles. The lowest BCUT2D eigenvalue weighted by atomic mass is 9.99. The number of carboxylic acids is 1. The Kier molecular flexibility index (Phi) is 5.04. The van der Waals surface area contributed by atoms with Crippen LogP contribution in [0.2, 0.25) is 0 Å².